The van der Waals surface area contributed by atoms with Crippen molar-refractivity contribution >= 4 is 40.4 Å². The van der Waals surface area contributed by atoms with E-state index in [0.29, 0.717) is 11.4 Å². The van der Waals surface area contributed by atoms with E-state index in [9.17, 15) is 14.4 Å². The minimum atomic E-state index is -0.256. The number of rotatable bonds is 5. The maximum Gasteiger partial charge on any atom is 0.288 e. The van der Waals surface area contributed by atoms with E-state index in [-0.39, 0.29) is 35.9 Å². The molecule has 0 aliphatic carbocycles. The monoisotopic (exact) mass is 312 g/mol. The number of alkyl halides is 1. The van der Waals surface area contributed by atoms with Crippen LogP contribution in [0.4, 0.5) is 4.79 Å². The maximum absolute atomic E-state index is 11.9. The molecule has 0 aromatic heterocycles. The Balaban J connectivity index is 1.86. The van der Waals surface area contributed by atoms with E-state index in [1.807, 2.05) is 6.07 Å². The standard InChI is InChI=1S/C13H13ClN2O3S/c14-7-9-2-1-3-10(6-9)12(18)15-4-5-16-11(17)8-20-13(16)19/h1-3,6H,4-5,7-8H2,(H,15,18). The fourth-order valence-corrected chi connectivity index (χ4v) is 2.69. The van der Waals surface area contributed by atoms with Crippen molar-refractivity contribution in [1.29, 1.82) is 0 Å². The summed E-state index contributed by atoms with van der Waals surface area (Å²) in [6.07, 6.45) is 0. The Morgan fingerprint density at radius 2 is 2.20 bits per heavy atom. The molecule has 0 bridgehead atoms. The fourth-order valence-electron chi connectivity index (χ4n) is 1.78. The number of thioether (sulfide) groups is 1. The van der Waals surface area contributed by atoms with E-state index in [2.05, 4.69) is 5.32 Å². The third-order valence-corrected chi connectivity index (χ3v) is 3.97. The van der Waals surface area contributed by atoms with Gasteiger partial charge in [-0.2, -0.15) is 0 Å². The Morgan fingerprint density at radius 3 is 2.85 bits per heavy atom. The molecule has 0 atom stereocenters. The second-order valence-corrected chi connectivity index (χ2v) is 5.38. The molecule has 1 N–H and O–H groups in total. The molecule has 3 amide bonds. The second-order valence-electron chi connectivity index (χ2n) is 4.19. The molecule has 0 saturated carbocycles. The zero-order valence-electron chi connectivity index (χ0n) is 10.6. The van der Waals surface area contributed by atoms with Gasteiger partial charge in [-0.25, -0.2) is 0 Å². The van der Waals surface area contributed by atoms with Gasteiger partial charge in [-0.15, -0.1) is 11.6 Å². The van der Waals surface area contributed by atoms with Crippen LogP contribution in [0.25, 0.3) is 0 Å². The molecule has 2 rings (SSSR count). The van der Waals surface area contributed by atoms with Crippen molar-refractivity contribution in [3.8, 4) is 0 Å². The van der Waals surface area contributed by atoms with Gasteiger partial charge in [0.05, 0.1) is 5.75 Å². The van der Waals surface area contributed by atoms with Gasteiger partial charge < -0.3 is 5.32 Å². The minimum absolute atomic E-state index is 0.185. The molecule has 7 heteroatoms. The van der Waals surface area contributed by atoms with E-state index in [4.69, 9.17) is 11.6 Å². The van der Waals surface area contributed by atoms with Gasteiger partial charge in [-0.1, -0.05) is 23.9 Å². The summed E-state index contributed by atoms with van der Waals surface area (Å²) >= 11 is 6.69. The summed E-state index contributed by atoms with van der Waals surface area (Å²) in [7, 11) is 0. The number of benzene rings is 1. The van der Waals surface area contributed by atoms with Crippen molar-refractivity contribution in [2.45, 2.75) is 5.88 Å². The van der Waals surface area contributed by atoms with Crippen LogP contribution >= 0.6 is 23.4 Å². The summed E-state index contributed by atoms with van der Waals surface area (Å²) in [5.74, 6) is 0.0711. The van der Waals surface area contributed by atoms with Crippen molar-refractivity contribution in [2.75, 3.05) is 18.8 Å². The van der Waals surface area contributed by atoms with E-state index in [1.54, 1.807) is 18.2 Å². The molecule has 1 aliphatic rings. The molecular formula is C13H13ClN2O3S. The second kappa shape index (κ2) is 6.76. The molecule has 0 radical (unpaired) electrons. The Bertz CT molecular complexity index is 534. The molecule has 20 heavy (non-hydrogen) atoms. The molecule has 1 aliphatic heterocycles. The molecule has 0 spiro atoms. The van der Waals surface area contributed by atoms with Crippen LogP contribution in [0.2, 0.25) is 0 Å². The van der Waals surface area contributed by atoms with Crippen LogP contribution in [-0.4, -0.2) is 40.8 Å². The Labute approximate surface area is 125 Å². The van der Waals surface area contributed by atoms with Crippen molar-refractivity contribution < 1.29 is 14.4 Å². The highest BCUT2D eigenvalue weighted by molar-refractivity contribution is 8.14. The number of nitrogens with zero attached hydrogens (tertiary/aromatic N) is 1. The van der Waals surface area contributed by atoms with Crippen LogP contribution in [0.5, 0.6) is 0 Å². The first-order valence-corrected chi connectivity index (χ1v) is 7.54. The van der Waals surface area contributed by atoms with Gasteiger partial charge in [0.25, 0.3) is 11.1 Å². The van der Waals surface area contributed by atoms with Gasteiger partial charge in [-0.05, 0) is 17.7 Å². The zero-order valence-corrected chi connectivity index (χ0v) is 12.2. The number of halogens is 1. The molecule has 5 nitrogen and oxygen atoms in total. The van der Waals surface area contributed by atoms with Crippen molar-refractivity contribution in [3.63, 3.8) is 0 Å². The summed E-state index contributed by atoms with van der Waals surface area (Å²) in [5, 5.41) is 2.42. The van der Waals surface area contributed by atoms with Gasteiger partial charge >= 0.3 is 0 Å². The van der Waals surface area contributed by atoms with Crippen LogP contribution in [-0.2, 0) is 10.7 Å². The van der Waals surface area contributed by atoms with E-state index >= 15 is 0 Å². The number of amides is 3. The molecule has 106 valence electrons. The van der Waals surface area contributed by atoms with Crippen molar-refractivity contribution in [2.24, 2.45) is 0 Å². The molecule has 1 heterocycles. The fraction of sp³-hybridized carbons (Fsp3) is 0.308. The first-order chi connectivity index (χ1) is 9.61. The first-order valence-electron chi connectivity index (χ1n) is 6.02. The van der Waals surface area contributed by atoms with Crippen LogP contribution in [0, 0.1) is 0 Å². The summed E-state index contributed by atoms with van der Waals surface area (Å²) in [6, 6.07) is 7.00. The topological polar surface area (TPSA) is 66.5 Å². The van der Waals surface area contributed by atoms with Gasteiger partial charge in [0, 0.05) is 24.5 Å². The van der Waals surface area contributed by atoms with E-state index in [0.717, 1.165) is 22.2 Å². The number of carbonyl (C=O) groups excluding carboxylic acids is 3. The van der Waals surface area contributed by atoms with Gasteiger partial charge in [0.2, 0.25) is 5.91 Å². The number of nitrogens with one attached hydrogen (secondary N) is 1. The summed E-state index contributed by atoms with van der Waals surface area (Å²) in [4.78, 5) is 35.8. The first kappa shape index (κ1) is 14.9. The predicted molar refractivity (Wildman–Crippen MR) is 77.9 cm³/mol. The molecule has 0 unspecified atom stereocenters. The highest BCUT2D eigenvalue weighted by Gasteiger charge is 2.29. The van der Waals surface area contributed by atoms with Crippen molar-refractivity contribution in [3.05, 3.63) is 35.4 Å². The van der Waals surface area contributed by atoms with Gasteiger partial charge in [0.1, 0.15) is 0 Å². The van der Waals surface area contributed by atoms with E-state index in [1.165, 1.54) is 0 Å². The number of carbonyl (C=O) groups is 3. The molecule has 1 fully saturated rings. The molecular weight excluding hydrogens is 300 g/mol. The Morgan fingerprint density at radius 1 is 1.40 bits per heavy atom. The third kappa shape index (κ3) is 3.52. The molecule has 1 aromatic carbocycles. The quantitative estimate of drug-likeness (QED) is 0.843. The normalized spacial score (nSPS) is 14.8. The SMILES string of the molecule is O=C(NCCN1C(=O)CSC1=O)c1cccc(CCl)c1. The minimum Gasteiger partial charge on any atom is -0.350 e. The van der Waals surface area contributed by atoms with Crippen LogP contribution in [0.3, 0.4) is 0 Å². The molecule has 1 aromatic rings. The zero-order chi connectivity index (χ0) is 14.5. The average molecular weight is 313 g/mol. The average Bonchev–Trinajstić information content (AvgIpc) is 2.79. The van der Waals surface area contributed by atoms with Crippen LogP contribution < -0.4 is 5.32 Å². The highest BCUT2D eigenvalue weighted by atomic mass is 35.5. The lowest BCUT2D eigenvalue weighted by molar-refractivity contribution is -0.124. The van der Waals surface area contributed by atoms with Crippen LogP contribution in [0.15, 0.2) is 24.3 Å². The smallest absolute Gasteiger partial charge is 0.288 e. The number of hydrogen-bond donors (Lipinski definition) is 1. The van der Waals surface area contributed by atoms with Gasteiger partial charge in [0.15, 0.2) is 0 Å². The van der Waals surface area contributed by atoms with Crippen molar-refractivity contribution in [1.82, 2.24) is 10.2 Å². The summed E-state index contributed by atoms with van der Waals surface area (Å²) in [5.41, 5.74) is 1.37. The lowest BCUT2D eigenvalue weighted by Gasteiger charge is -2.13. The lowest BCUT2D eigenvalue weighted by atomic mass is 10.1. The maximum atomic E-state index is 11.9. The highest BCUT2D eigenvalue weighted by Crippen LogP contribution is 2.17. The Kier molecular flexibility index (Phi) is 5.03. The molecule has 1 saturated heterocycles. The van der Waals surface area contributed by atoms with Crippen LogP contribution in [0.1, 0.15) is 15.9 Å². The Hall–Kier alpha value is -1.53. The predicted octanol–water partition coefficient (Wildman–Crippen LogP) is 1.85. The summed E-state index contributed by atoms with van der Waals surface area (Å²) < 4.78 is 0. The lowest BCUT2D eigenvalue weighted by Crippen LogP contribution is -2.37. The van der Waals surface area contributed by atoms with Gasteiger partial charge in [-0.3, -0.25) is 19.3 Å². The number of hydrogen-bond acceptors (Lipinski definition) is 4. The summed E-state index contributed by atoms with van der Waals surface area (Å²) in [6.45, 7) is 0.438. The third-order valence-electron chi connectivity index (χ3n) is 2.81. The van der Waals surface area contributed by atoms with E-state index < -0.39 is 0 Å². The number of imide groups is 1. The largest absolute Gasteiger partial charge is 0.350 e.